The van der Waals surface area contributed by atoms with E-state index in [-0.39, 0.29) is 6.17 Å². The Morgan fingerprint density at radius 2 is 1.12 bits per heavy atom. The molecule has 1 N–H and O–H groups in total. The molecule has 1 aliphatic heterocycles. The number of rotatable bonds is 4. The first kappa shape index (κ1) is 35.7. The van der Waals surface area contributed by atoms with Crippen molar-refractivity contribution in [2.75, 3.05) is 0 Å². The number of dihydropyridines is 1. The second-order valence-electron chi connectivity index (χ2n) is 18.0. The summed E-state index contributed by atoms with van der Waals surface area (Å²) in [4.78, 5) is 15.0. The molecule has 0 saturated carbocycles. The molecule has 2 aliphatic carbocycles. The van der Waals surface area contributed by atoms with Gasteiger partial charge in [-0.25, -0.2) is 4.98 Å². The van der Waals surface area contributed by atoms with Crippen LogP contribution in [0.4, 0.5) is 0 Å². The Morgan fingerprint density at radius 3 is 1.78 bits per heavy atom. The van der Waals surface area contributed by atoms with Crippen molar-refractivity contribution in [2.24, 2.45) is 0 Å². The van der Waals surface area contributed by atoms with Gasteiger partial charge >= 0.3 is 0 Å². The number of aryl methyl sites for hydroxylation is 5. The first-order chi connectivity index (χ1) is 31.6. The van der Waals surface area contributed by atoms with E-state index in [1.807, 2.05) is 18.6 Å². The maximum atomic E-state index is 5.06. The Bertz CT molecular complexity index is 3910. The summed E-state index contributed by atoms with van der Waals surface area (Å²) >= 11 is 0. The maximum absolute atomic E-state index is 5.06. The number of fused-ring (bicyclic) bond motifs is 10. The molecule has 0 saturated heterocycles. The molecule has 3 aliphatic rings. The summed E-state index contributed by atoms with van der Waals surface area (Å²) in [6.45, 7) is 4.36. The van der Waals surface area contributed by atoms with E-state index in [4.69, 9.17) is 15.0 Å². The number of pyridine rings is 3. The van der Waals surface area contributed by atoms with Crippen LogP contribution in [0, 0.1) is 6.92 Å². The Kier molecular flexibility index (Phi) is 7.45. The molecule has 11 aromatic rings. The van der Waals surface area contributed by atoms with Crippen LogP contribution in [-0.4, -0.2) is 24.1 Å². The fourth-order valence-corrected chi connectivity index (χ4v) is 11.6. The van der Waals surface area contributed by atoms with Crippen molar-refractivity contribution in [3.8, 4) is 39.5 Å². The lowest BCUT2D eigenvalue weighted by Gasteiger charge is -2.32. The molecule has 5 aromatic heterocycles. The number of hydrogen-bond donors (Lipinski definition) is 1. The average molecular weight is 823 g/mol. The summed E-state index contributed by atoms with van der Waals surface area (Å²) in [5, 5.41) is 13.6. The van der Waals surface area contributed by atoms with Crippen molar-refractivity contribution in [1.82, 2.24) is 29.4 Å². The van der Waals surface area contributed by atoms with Gasteiger partial charge in [0.15, 0.2) is 0 Å². The molecule has 6 heteroatoms. The number of nitrogens with zero attached hydrogens (tertiary/aromatic N) is 5. The van der Waals surface area contributed by atoms with Crippen LogP contribution in [0.2, 0.25) is 0 Å². The van der Waals surface area contributed by atoms with E-state index in [0.29, 0.717) is 0 Å². The first-order valence-corrected chi connectivity index (χ1v) is 22.5. The second kappa shape index (κ2) is 13.3. The number of benzene rings is 6. The lowest BCUT2D eigenvalue weighted by molar-refractivity contribution is 0.572. The molecule has 14 rings (SSSR count). The van der Waals surface area contributed by atoms with Gasteiger partial charge < -0.3 is 9.88 Å². The summed E-state index contributed by atoms with van der Waals surface area (Å²) in [6.07, 6.45) is 16.3. The van der Waals surface area contributed by atoms with Gasteiger partial charge in [0.1, 0.15) is 12.0 Å². The molecule has 0 amide bonds. The standard InChI is InChI=1S/C58H42N6/c1-33-19-23-59-51(27-33)63-49-17-13-39(55-41-9-5-3-7-35(41)21-25-61-55)31-45(49)47-29-37-12-16-44-54-38(11-15-43(53(37)54)57(47)63)30-48-46-32-40(56-42-10-6-4-8-36(42)22-26-62-56)14-18-50(46)64(58(44)48)52-28-34(2)20-24-60-52/h3-10,13-14,17-32,51,59H,11-12,15-16H2,1-2H3. The van der Waals surface area contributed by atoms with Crippen LogP contribution in [0.3, 0.4) is 0 Å². The van der Waals surface area contributed by atoms with E-state index < -0.39 is 0 Å². The highest BCUT2D eigenvalue weighted by molar-refractivity contribution is 6.17. The third-order valence-corrected chi connectivity index (χ3v) is 14.4. The lowest BCUT2D eigenvalue weighted by atomic mass is 9.74. The molecule has 0 spiro atoms. The number of hydrogen-bond acceptors (Lipinski definition) is 4. The fraction of sp³-hybridized carbons (Fsp3) is 0.121. The van der Waals surface area contributed by atoms with Crippen molar-refractivity contribution in [3.63, 3.8) is 0 Å². The molecule has 1 atom stereocenters. The van der Waals surface area contributed by atoms with Gasteiger partial charge in [0.2, 0.25) is 0 Å². The van der Waals surface area contributed by atoms with E-state index in [2.05, 4.69) is 168 Å². The Hall–Kier alpha value is -7.83. The van der Waals surface area contributed by atoms with Crippen molar-refractivity contribution < 1.29 is 0 Å². The minimum absolute atomic E-state index is 0.0203. The van der Waals surface area contributed by atoms with Gasteiger partial charge in [-0.1, -0.05) is 60.7 Å². The van der Waals surface area contributed by atoms with Crippen LogP contribution >= 0.6 is 0 Å². The molecule has 1 unspecified atom stereocenters. The SMILES string of the molecule is CC1=CC(n2c3ccc(-c4nccc5ccccc45)cc3c3cc4c5c(c32)CCc2cc3c6cc(-c7nccc8ccccc78)ccc6n(-c6cc(C)ccn6)c3c(c2-5)CC4)NC=C1. The van der Waals surface area contributed by atoms with Crippen LogP contribution < -0.4 is 5.32 Å². The zero-order chi connectivity index (χ0) is 42.2. The summed E-state index contributed by atoms with van der Waals surface area (Å²) < 4.78 is 5.04. The molecule has 0 bridgehead atoms. The minimum atomic E-state index is -0.0203. The molecule has 6 aromatic carbocycles. The monoisotopic (exact) mass is 822 g/mol. The molecule has 6 nitrogen and oxygen atoms in total. The Balaban J connectivity index is 1.05. The summed E-state index contributed by atoms with van der Waals surface area (Å²) in [6, 6.07) is 44.7. The van der Waals surface area contributed by atoms with E-state index in [1.165, 1.54) is 110 Å². The lowest BCUT2D eigenvalue weighted by Crippen LogP contribution is -2.24. The highest BCUT2D eigenvalue weighted by Gasteiger charge is 2.34. The highest BCUT2D eigenvalue weighted by atomic mass is 15.2. The molecule has 64 heavy (non-hydrogen) atoms. The van der Waals surface area contributed by atoms with E-state index in [0.717, 1.165) is 54.0 Å². The van der Waals surface area contributed by atoms with Crippen LogP contribution in [0.5, 0.6) is 0 Å². The predicted octanol–water partition coefficient (Wildman–Crippen LogP) is 13.5. The van der Waals surface area contributed by atoms with Gasteiger partial charge in [-0.15, -0.1) is 0 Å². The van der Waals surface area contributed by atoms with Crippen molar-refractivity contribution >= 4 is 65.2 Å². The van der Waals surface area contributed by atoms with Crippen LogP contribution in [0.15, 0.2) is 164 Å². The normalized spacial score (nSPS) is 15.4. The smallest absolute Gasteiger partial charge is 0.137 e. The Morgan fingerprint density at radius 1 is 0.531 bits per heavy atom. The maximum Gasteiger partial charge on any atom is 0.137 e. The zero-order valence-corrected chi connectivity index (χ0v) is 35.7. The first-order valence-electron chi connectivity index (χ1n) is 22.5. The van der Waals surface area contributed by atoms with Crippen LogP contribution in [-0.2, 0) is 25.7 Å². The van der Waals surface area contributed by atoms with Gasteiger partial charge in [-0.05, 0) is 174 Å². The van der Waals surface area contributed by atoms with Crippen molar-refractivity contribution in [1.29, 1.82) is 0 Å². The quantitative estimate of drug-likeness (QED) is 0.192. The summed E-state index contributed by atoms with van der Waals surface area (Å²) in [5.74, 6) is 0.958. The second-order valence-corrected chi connectivity index (χ2v) is 18.0. The fourth-order valence-electron chi connectivity index (χ4n) is 11.6. The summed E-state index contributed by atoms with van der Waals surface area (Å²) in [7, 11) is 0. The molecular formula is C58H42N6. The average Bonchev–Trinajstić information content (AvgIpc) is 3.84. The Labute approximate surface area is 369 Å². The zero-order valence-electron chi connectivity index (χ0n) is 35.7. The molecule has 6 heterocycles. The number of aromatic nitrogens is 5. The van der Waals surface area contributed by atoms with Crippen molar-refractivity contribution in [3.05, 3.63) is 192 Å². The van der Waals surface area contributed by atoms with Gasteiger partial charge in [0, 0.05) is 62.0 Å². The van der Waals surface area contributed by atoms with Crippen LogP contribution in [0.25, 0.3) is 105 Å². The molecule has 0 fully saturated rings. The van der Waals surface area contributed by atoms with E-state index >= 15 is 0 Å². The largest absolute Gasteiger partial charge is 0.368 e. The minimum Gasteiger partial charge on any atom is -0.368 e. The van der Waals surface area contributed by atoms with Gasteiger partial charge in [0.25, 0.3) is 0 Å². The third-order valence-electron chi connectivity index (χ3n) is 14.4. The van der Waals surface area contributed by atoms with Gasteiger partial charge in [-0.2, -0.15) is 0 Å². The number of nitrogens with one attached hydrogen (secondary N) is 1. The van der Waals surface area contributed by atoms with Crippen LogP contribution in [0.1, 0.15) is 40.9 Å². The topological polar surface area (TPSA) is 60.6 Å². The summed E-state index contributed by atoms with van der Waals surface area (Å²) in [5.41, 5.74) is 20.5. The molecule has 0 radical (unpaired) electrons. The third kappa shape index (κ3) is 5.05. The molecule has 304 valence electrons. The van der Waals surface area contributed by atoms with Gasteiger partial charge in [0.05, 0.1) is 33.5 Å². The van der Waals surface area contributed by atoms with Gasteiger partial charge in [-0.3, -0.25) is 14.5 Å². The number of allylic oxidation sites excluding steroid dienone is 2. The predicted molar refractivity (Wildman–Crippen MR) is 263 cm³/mol. The van der Waals surface area contributed by atoms with Crippen molar-refractivity contribution in [2.45, 2.75) is 45.7 Å². The van der Waals surface area contributed by atoms with E-state index in [9.17, 15) is 0 Å². The highest BCUT2D eigenvalue weighted by Crippen LogP contribution is 2.52. The molecular weight excluding hydrogens is 781 g/mol. The van der Waals surface area contributed by atoms with E-state index in [1.54, 1.807) is 0 Å².